The molecule has 0 N–H and O–H groups in total. The molecule has 0 atom stereocenters. The Balaban J connectivity index is 2.35. The van der Waals surface area contributed by atoms with Crippen LogP contribution in [0.1, 0.15) is 29.3 Å². The van der Waals surface area contributed by atoms with Crippen LogP contribution >= 0.6 is 0 Å². The lowest BCUT2D eigenvalue weighted by Gasteiger charge is -2.12. The van der Waals surface area contributed by atoms with Crippen molar-refractivity contribution in [1.82, 2.24) is 14.8 Å². The minimum Gasteiger partial charge on any atom is -0.247 e. The van der Waals surface area contributed by atoms with Gasteiger partial charge in [-0.3, -0.25) is 0 Å². The highest BCUT2D eigenvalue weighted by molar-refractivity contribution is 5.85. The predicted octanol–water partition coefficient (Wildman–Crippen LogP) is 5.06. The number of benzene rings is 1. The Hall–Kier alpha value is -2.37. The molecular weight excluding hydrogens is 315 g/mol. The van der Waals surface area contributed by atoms with Crippen LogP contribution in [0.5, 0.6) is 0 Å². The normalized spacial score (nSPS) is 12.1. The van der Waals surface area contributed by atoms with Crippen molar-refractivity contribution in [3.8, 4) is 11.3 Å². The molecule has 0 radical (unpaired) electrons. The minimum atomic E-state index is -4.46. The second-order valence-electron chi connectivity index (χ2n) is 5.95. The van der Waals surface area contributed by atoms with Gasteiger partial charge in [0.05, 0.1) is 22.3 Å². The monoisotopic (exact) mass is 333 g/mol. The van der Waals surface area contributed by atoms with Crippen LogP contribution in [-0.4, -0.2) is 14.8 Å². The molecular formula is C18H18F3N3. The smallest absolute Gasteiger partial charge is 0.247 e. The topological polar surface area (TPSA) is 30.7 Å². The van der Waals surface area contributed by atoms with E-state index in [0.717, 1.165) is 17.2 Å². The van der Waals surface area contributed by atoms with Crippen molar-refractivity contribution in [2.45, 2.75) is 40.4 Å². The van der Waals surface area contributed by atoms with Gasteiger partial charge in [-0.25, -0.2) is 9.67 Å². The second-order valence-corrected chi connectivity index (χ2v) is 5.95. The van der Waals surface area contributed by atoms with Gasteiger partial charge in [-0.05, 0) is 51.0 Å². The first-order valence-corrected chi connectivity index (χ1v) is 7.75. The molecule has 0 bridgehead atoms. The fourth-order valence-corrected chi connectivity index (χ4v) is 2.85. The Morgan fingerprint density at radius 2 is 1.75 bits per heavy atom. The number of hydrogen-bond donors (Lipinski definition) is 0. The largest absolute Gasteiger partial charge is 0.417 e. The number of rotatable bonds is 2. The van der Waals surface area contributed by atoms with E-state index in [0.29, 0.717) is 23.5 Å². The molecule has 3 rings (SSSR count). The van der Waals surface area contributed by atoms with Gasteiger partial charge in [0.25, 0.3) is 0 Å². The maximum atomic E-state index is 13.6. The Bertz CT molecular complexity index is 923. The SMILES string of the molecule is CCn1nc(C)c2c(C(F)(F)F)cc(-c3ccc(C)c(C)c3)nc21. The van der Waals surface area contributed by atoms with Crippen molar-refractivity contribution in [2.75, 3.05) is 0 Å². The predicted molar refractivity (Wildman–Crippen MR) is 87.9 cm³/mol. The lowest BCUT2D eigenvalue weighted by atomic mass is 10.0. The van der Waals surface area contributed by atoms with Crippen LogP contribution in [0.4, 0.5) is 13.2 Å². The number of hydrogen-bond acceptors (Lipinski definition) is 2. The average molecular weight is 333 g/mol. The lowest BCUT2D eigenvalue weighted by molar-refractivity contribution is -0.136. The van der Waals surface area contributed by atoms with Crippen LogP contribution in [0.2, 0.25) is 0 Å². The summed E-state index contributed by atoms with van der Waals surface area (Å²) in [6.07, 6.45) is -4.46. The summed E-state index contributed by atoms with van der Waals surface area (Å²) in [6, 6.07) is 6.69. The highest BCUT2D eigenvalue weighted by Gasteiger charge is 2.35. The van der Waals surface area contributed by atoms with Crippen molar-refractivity contribution in [2.24, 2.45) is 0 Å². The summed E-state index contributed by atoms with van der Waals surface area (Å²) in [5.41, 5.74) is 3.03. The number of pyridine rings is 1. The number of fused-ring (bicyclic) bond motifs is 1. The van der Waals surface area contributed by atoms with Gasteiger partial charge in [-0.2, -0.15) is 18.3 Å². The molecule has 126 valence electrons. The summed E-state index contributed by atoms with van der Waals surface area (Å²) < 4.78 is 42.3. The highest BCUT2D eigenvalue weighted by Crippen LogP contribution is 2.38. The lowest BCUT2D eigenvalue weighted by Crippen LogP contribution is -2.08. The standard InChI is InChI=1S/C18H18F3N3/c1-5-24-17-16(12(4)23-24)14(18(19,20)21)9-15(22-17)13-7-6-10(2)11(3)8-13/h6-9H,5H2,1-4H3. The van der Waals surface area contributed by atoms with E-state index in [4.69, 9.17) is 0 Å². The van der Waals surface area contributed by atoms with E-state index in [1.165, 1.54) is 4.68 Å². The average Bonchev–Trinajstić information content (AvgIpc) is 2.84. The molecule has 0 amide bonds. The molecule has 6 heteroatoms. The van der Waals surface area contributed by atoms with Gasteiger partial charge < -0.3 is 0 Å². The summed E-state index contributed by atoms with van der Waals surface area (Å²) in [4.78, 5) is 4.48. The molecule has 0 fully saturated rings. The molecule has 0 spiro atoms. The number of alkyl halides is 3. The van der Waals surface area contributed by atoms with Crippen LogP contribution in [-0.2, 0) is 12.7 Å². The molecule has 0 aliphatic carbocycles. The van der Waals surface area contributed by atoms with E-state index in [-0.39, 0.29) is 11.0 Å². The first-order valence-electron chi connectivity index (χ1n) is 7.75. The fourth-order valence-electron chi connectivity index (χ4n) is 2.85. The van der Waals surface area contributed by atoms with Crippen molar-refractivity contribution in [3.63, 3.8) is 0 Å². The molecule has 24 heavy (non-hydrogen) atoms. The van der Waals surface area contributed by atoms with E-state index in [1.54, 1.807) is 13.0 Å². The fraction of sp³-hybridized carbons (Fsp3) is 0.333. The van der Waals surface area contributed by atoms with E-state index >= 15 is 0 Å². The summed E-state index contributed by atoms with van der Waals surface area (Å²) in [5.74, 6) is 0. The van der Waals surface area contributed by atoms with Crippen LogP contribution in [0.25, 0.3) is 22.3 Å². The number of nitrogens with zero attached hydrogens (tertiary/aromatic N) is 3. The van der Waals surface area contributed by atoms with Crippen molar-refractivity contribution >= 4 is 11.0 Å². The van der Waals surface area contributed by atoms with Gasteiger partial charge in [0, 0.05) is 12.1 Å². The minimum absolute atomic E-state index is 0.0805. The molecule has 0 aliphatic rings. The van der Waals surface area contributed by atoms with Crippen LogP contribution < -0.4 is 0 Å². The molecule has 3 nitrogen and oxygen atoms in total. The molecule has 0 aliphatic heterocycles. The van der Waals surface area contributed by atoms with Gasteiger partial charge in [0.2, 0.25) is 0 Å². The van der Waals surface area contributed by atoms with Crippen molar-refractivity contribution in [3.05, 3.63) is 46.6 Å². The maximum absolute atomic E-state index is 13.6. The Morgan fingerprint density at radius 1 is 1.04 bits per heavy atom. The third-order valence-corrected chi connectivity index (χ3v) is 4.28. The van der Waals surface area contributed by atoms with Gasteiger partial charge in [-0.1, -0.05) is 12.1 Å². The van der Waals surface area contributed by atoms with Crippen LogP contribution in [0, 0.1) is 20.8 Å². The van der Waals surface area contributed by atoms with Gasteiger partial charge >= 0.3 is 6.18 Å². The van der Waals surface area contributed by atoms with Crippen molar-refractivity contribution in [1.29, 1.82) is 0 Å². The third-order valence-electron chi connectivity index (χ3n) is 4.28. The Morgan fingerprint density at radius 3 is 2.33 bits per heavy atom. The quantitative estimate of drug-likeness (QED) is 0.656. The summed E-state index contributed by atoms with van der Waals surface area (Å²) in [5, 5.41) is 4.28. The second kappa shape index (κ2) is 5.61. The zero-order chi connectivity index (χ0) is 17.6. The van der Waals surface area contributed by atoms with E-state index in [2.05, 4.69) is 10.1 Å². The van der Waals surface area contributed by atoms with Gasteiger partial charge in [0.15, 0.2) is 5.65 Å². The summed E-state index contributed by atoms with van der Waals surface area (Å²) >= 11 is 0. The van der Waals surface area contributed by atoms with E-state index in [9.17, 15) is 13.2 Å². The van der Waals surface area contributed by atoms with Gasteiger partial charge in [0.1, 0.15) is 0 Å². The van der Waals surface area contributed by atoms with Crippen LogP contribution in [0.15, 0.2) is 24.3 Å². The first kappa shape index (κ1) is 16.5. The Kier molecular flexibility index (Phi) is 3.86. The zero-order valence-electron chi connectivity index (χ0n) is 14.0. The van der Waals surface area contributed by atoms with E-state index in [1.807, 2.05) is 32.9 Å². The van der Waals surface area contributed by atoms with Crippen LogP contribution in [0.3, 0.4) is 0 Å². The summed E-state index contributed by atoms with van der Waals surface area (Å²) in [7, 11) is 0. The van der Waals surface area contributed by atoms with Gasteiger partial charge in [-0.15, -0.1) is 0 Å². The number of aromatic nitrogens is 3. The Labute approximate surface area is 138 Å². The first-order chi connectivity index (χ1) is 11.2. The third kappa shape index (κ3) is 2.66. The molecule has 0 saturated heterocycles. The van der Waals surface area contributed by atoms with E-state index < -0.39 is 11.7 Å². The maximum Gasteiger partial charge on any atom is 0.417 e. The molecule has 2 aromatic heterocycles. The molecule has 3 aromatic rings. The zero-order valence-corrected chi connectivity index (χ0v) is 14.0. The highest BCUT2D eigenvalue weighted by atomic mass is 19.4. The molecule has 1 aromatic carbocycles. The van der Waals surface area contributed by atoms with Crippen molar-refractivity contribution < 1.29 is 13.2 Å². The number of halogens is 3. The molecule has 2 heterocycles. The number of aryl methyl sites for hydroxylation is 4. The molecule has 0 unspecified atom stereocenters. The molecule has 0 saturated carbocycles. The summed E-state index contributed by atoms with van der Waals surface area (Å²) in [6.45, 7) is 7.78.